The van der Waals surface area contributed by atoms with E-state index in [1.165, 1.54) is 0 Å². The zero-order valence-electron chi connectivity index (χ0n) is 9.92. The van der Waals surface area contributed by atoms with E-state index in [9.17, 15) is 14.4 Å². The molecule has 1 atom stereocenters. The molecule has 0 aromatic heterocycles. The number of carbonyl (C=O) groups excluding carboxylic acids is 3. The van der Waals surface area contributed by atoms with Gasteiger partial charge in [0.25, 0.3) is 0 Å². The number of nitrogens with two attached hydrogens (primary N) is 1. The second-order valence-electron chi connectivity index (χ2n) is 3.10. The number of carboxylic acid groups (broad SMARTS) is 2. The first-order valence-corrected chi connectivity index (χ1v) is 5.07. The van der Waals surface area contributed by atoms with E-state index in [0.717, 1.165) is 0 Å². The van der Waals surface area contributed by atoms with Gasteiger partial charge in [-0.3, -0.25) is 4.79 Å². The van der Waals surface area contributed by atoms with Gasteiger partial charge in [0.2, 0.25) is 0 Å². The molecule has 0 rings (SSSR count). The largest absolute Gasteiger partial charge is 0.481 e. The molecule has 0 saturated carbocycles. The van der Waals surface area contributed by atoms with Crippen LogP contribution in [0.5, 0.6) is 0 Å². The average Bonchev–Trinajstić information content (AvgIpc) is 2.32. The van der Waals surface area contributed by atoms with Crippen molar-refractivity contribution in [2.24, 2.45) is 5.73 Å². The monoisotopic (exact) mass is 277 g/mol. The maximum atomic E-state index is 11.1. The standard InChI is InChI=1S/C8H15N3O5.CO2/c9-3-4-10-8(16)11-5(7(14)15)1-2-6(12)13;2-1-3/h5H,1-4,9H2,(H,12,13)(H,14,15)(H2,10,11,16);/t5-;/m0./s1. The molecule has 10 nitrogen and oxygen atoms in total. The lowest BCUT2D eigenvalue weighted by atomic mass is 10.1. The van der Waals surface area contributed by atoms with Crippen LogP contribution in [0.1, 0.15) is 12.8 Å². The minimum absolute atomic E-state index is 0.166. The van der Waals surface area contributed by atoms with Crippen LogP contribution in [-0.2, 0) is 19.2 Å². The normalized spacial score (nSPS) is 10.2. The van der Waals surface area contributed by atoms with Crippen molar-refractivity contribution in [3.63, 3.8) is 0 Å². The summed E-state index contributed by atoms with van der Waals surface area (Å²) in [6.07, 6.45) is -0.241. The van der Waals surface area contributed by atoms with Gasteiger partial charge < -0.3 is 26.6 Å². The van der Waals surface area contributed by atoms with Crippen LogP contribution >= 0.6 is 0 Å². The summed E-state index contributed by atoms with van der Waals surface area (Å²) >= 11 is 0. The summed E-state index contributed by atoms with van der Waals surface area (Å²) in [5.41, 5.74) is 5.13. The second kappa shape index (κ2) is 12.0. The van der Waals surface area contributed by atoms with Crippen molar-refractivity contribution in [2.45, 2.75) is 18.9 Å². The molecule has 2 amide bonds. The van der Waals surface area contributed by atoms with Crippen molar-refractivity contribution in [2.75, 3.05) is 13.1 Å². The van der Waals surface area contributed by atoms with Crippen molar-refractivity contribution >= 4 is 24.1 Å². The third-order valence-corrected chi connectivity index (χ3v) is 1.68. The Kier molecular flexibility index (Phi) is 12.0. The predicted molar refractivity (Wildman–Crippen MR) is 58.9 cm³/mol. The molecule has 0 aliphatic heterocycles. The first-order chi connectivity index (χ1) is 8.88. The Morgan fingerprint density at radius 1 is 1.21 bits per heavy atom. The highest BCUT2D eigenvalue weighted by Crippen LogP contribution is 1.97. The Morgan fingerprint density at radius 2 is 1.74 bits per heavy atom. The van der Waals surface area contributed by atoms with E-state index in [1.54, 1.807) is 0 Å². The van der Waals surface area contributed by atoms with Crippen LogP contribution in [0.3, 0.4) is 0 Å². The Balaban J connectivity index is 0. The number of carbonyl (C=O) groups is 3. The van der Waals surface area contributed by atoms with E-state index in [4.69, 9.17) is 25.5 Å². The Morgan fingerprint density at radius 3 is 2.11 bits per heavy atom. The van der Waals surface area contributed by atoms with Crippen LogP contribution in [-0.4, -0.2) is 53.5 Å². The summed E-state index contributed by atoms with van der Waals surface area (Å²) in [7, 11) is 0. The predicted octanol–water partition coefficient (Wildman–Crippen LogP) is -2.02. The molecule has 0 heterocycles. The molecule has 0 aliphatic rings. The molecular weight excluding hydrogens is 262 g/mol. The number of carboxylic acids is 2. The fraction of sp³-hybridized carbons (Fsp3) is 0.556. The summed E-state index contributed by atoms with van der Waals surface area (Å²) in [6.45, 7) is 0.456. The number of rotatable bonds is 7. The molecule has 10 heteroatoms. The minimum Gasteiger partial charge on any atom is -0.481 e. The third kappa shape index (κ3) is 13.5. The Labute approximate surface area is 108 Å². The lowest BCUT2D eigenvalue weighted by molar-refractivity contribution is -0.191. The Bertz CT molecular complexity index is 339. The fourth-order valence-corrected chi connectivity index (χ4v) is 0.920. The smallest absolute Gasteiger partial charge is 0.373 e. The van der Waals surface area contributed by atoms with E-state index in [1.807, 2.05) is 0 Å². The third-order valence-electron chi connectivity index (χ3n) is 1.68. The highest BCUT2D eigenvalue weighted by atomic mass is 16.4. The maximum Gasteiger partial charge on any atom is 0.373 e. The lowest BCUT2D eigenvalue weighted by Crippen LogP contribution is -2.47. The molecule has 0 saturated heterocycles. The highest BCUT2D eigenvalue weighted by Gasteiger charge is 2.20. The van der Waals surface area contributed by atoms with E-state index >= 15 is 0 Å². The van der Waals surface area contributed by atoms with Gasteiger partial charge in [-0.2, -0.15) is 9.59 Å². The van der Waals surface area contributed by atoms with Gasteiger partial charge in [-0.25, -0.2) is 9.59 Å². The van der Waals surface area contributed by atoms with Crippen LogP contribution in [0.2, 0.25) is 0 Å². The minimum atomic E-state index is -1.27. The molecule has 0 aromatic rings. The van der Waals surface area contributed by atoms with Crippen molar-refractivity contribution in [1.82, 2.24) is 10.6 Å². The van der Waals surface area contributed by atoms with Gasteiger partial charge in [0.1, 0.15) is 6.04 Å². The van der Waals surface area contributed by atoms with Crippen LogP contribution in [0, 0.1) is 0 Å². The molecule has 0 fully saturated rings. The molecule has 0 aliphatic carbocycles. The van der Waals surface area contributed by atoms with E-state index in [0.29, 0.717) is 0 Å². The quantitative estimate of drug-likeness (QED) is 0.354. The van der Waals surface area contributed by atoms with Gasteiger partial charge >= 0.3 is 24.1 Å². The molecule has 108 valence electrons. The van der Waals surface area contributed by atoms with Crippen molar-refractivity contribution < 1.29 is 34.2 Å². The van der Waals surface area contributed by atoms with Crippen LogP contribution < -0.4 is 16.4 Å². The molecule has 6 N–H and O–H groups in total. The fourth-order valence-electron chi connectivity index (χ4n) is 0.920. The summed E-state index contributed by atoms with van der Waals surface area (Å²) in [6, 6.07) is -1.89. The molecular formula is C9H15N3O7. The number of amides is 2. The lowest BCUT2D eigenvalue weighted by Gasteiger charge is -2.13. The number of nitrogens with one attached hydrogen (secondary N) is 2. The molecule has 0 radical (unpaired) electrons. The van der Waals surface area contributed by atoms with Crippen molar-refractivity contribution in [3.8, 4) is 0 Å². The second-order valence-corrected chi connectivity index (χ2v) is 3.10. The van der Waals surface area contributed by atoms with E-state index in [2.05, 4.69) is 10.6 Å². The molecule has 19 heavy (non-hydrogen) atoms. The molecule has 0 spiro atoms. The number of aliphatic carboxylic acids is 2. The number of hydrogen-bond acceptors (Lipinski definition) is 6. The summed E-state index contributed by atoms with van der Waals surface area (Å²) in [5, 5.41) is 21.5. The topological polar surface area (TPSA) is 176 Å². The van der Waals surface area contributed by atoms with Gasteiger partial charge in [-0.15, -0.1) is 0 Å². The Hall–Kier alpha value is -2.45. The van der Waals surface area contributed by atoms with Crippen LogP contribution in [0.4, 0.5) is 4.79 Å². The molecule has 0 aromatic carbocycles. The zero-order chi connectivity index (χ0) is 15.3. The highest BCUT2D eigenvalue weighted by molar-refractivity contribution is 5.82. The van der Waals surface area contributed by atoms with E-state index < -0.39 is 24.0 Å². The zero-order valence-corrected chi connectivity index (χ0v) is 9.92. The van der Waals surface area contributed by atoms with Gasteiger partial charge in [0.05, 0.1) is 0 Å². The van der Waals surface area contributed by atoms with Gasteiger partial charge in [0, 0.05) is 19.5 Å². The van der Waals surface area contributed by atoms with Gasteiger partial charge in [-0.1, -0.05) is 0 Å². The first kappa shape index (κ1) is 18.9. The molecule has 0 unspecified atom stereocenters. The van der Waals surface area contributed by atoms with Gasteiger partial charge in [-0.05, 0) is 6.42 Å². The number of hydrogen-bond donors (Lipinski definition) is 5. The van der Waals surface area contributed by atoms with E-state index in [-0.39, 0.29) is 32.1 Å². The van der Waals surface area contributed by atoms with Crippen molar-refractivity contribution in [3.05, 3.63) is 0 Å². The number of urea groups is 1. The summed E-state index contributed by atoms with van der Waals surface area (Å²) in [5.74, 6) is -2.39. The first-order valence-electron chi connectivity index (χ1n) is 5.07. The summed E-state index contributed by atoms with van der Waals surface area (Å²) in [4.78, 5) is 48.2. The maximum absolute atomic E-state index is 11.1. The molecule has 0 bridgehead atoms. The average molecular weight is 277 g/mol. The SMILES string of the molecule is NCCNC(=O)N[C@@H](CCC(=O)O)C(=O)O.O=C=O. The van der Waals surface area contributed by atoms with Crippen LogP contribution in [0.25, 0.3) is 0 Å². The van der Waals surface area contributed by atoms with Crippen LogP contribution in [0.15, 0.2) is 0 Å². The van der Waals surface area contributed by atoms with Gasteiger partial charge in [0.15, 0.2) is 0 Å². The van der Waals surface area contributed by atoms with Crippen molar-refractivity contribution in [1.29, 1.82) is 0 Å². The summed E-state index contributed by atoms with van der Waals surface area (Å²) < 4.78 is 0.